The standard InChI is InChI=1S/C14H24N4/c1-4-5-10-16-14(18-15)17-13-8-6-12(7-9-13)11(2)3/h6-9,11H,4-5,10,15H2,1-3H3,(H2,16,17,18). The summed E-state index contributed by atoms with van der Waals surface area (Å²) < 4.78 is 0. The lowest BCUT2D eigenvalue weighted by Crippen LogP contribution is -2.36. The minimum atomic E-state index is 0.546. The molecule has 0 saturated heterocycles. The fraction of sp³-hybridized carbons (Fsp3) is 0.500. The van der Waals surface area contributed by atoms with Gasteiger partial charge in [-0.3, -0.25) is 10.4 Å². The van der Waals surface area contributed by atoms with Crippen molar-refractivity contribution >= 4 is 11.6 Å². The molecule has 4 heteroatoms. The molecule has 0 bridgehead atoms. The van der Waals surface area contributed by atoms with Gasteiger partial charge in [0.15, 0.2) is 0 Å². The first-order chi connectivity index (χ1) is 8.67. The average Bonchev–Trinajstić information content (AvgIpc) is 2.38. The van der Waals surface area contributed by atoms with Crippen LogP contribution in [-0.4, -0.2) is 12.5 Å². The van der Waals surface area contributed by atoms with E-state index in [2.05, 4.69) is 48.6 Å². The second kappa shape index (κ2) is 7.71. The van der Waals surface area contributed by atoms with Gasteiger partial charge in [0, 0.05) is 12.2 Å². The zero-order chi connectivity index (χ0) is 13.4. The van der Waals surface area contributed by atoms with E-state index in [0.717, 1.165) is 25.1 Å². The highest BCUT2D eigenvalue weighted by Crippen LogP contribution is 2.16. The van der Waals surface area contributed by atoms with Gasteiger partial charge in [-0.25, -0.2) is 5.84 Å². The molecule has 0 heterocycles. The average molecular weight is 248 g/mol. The van der Waals surface area contributed by atoms with Crippen molar-refractivity contribution in [3.63, 3.8) is 0 Å². The number of hydrogen-bond acceptors (Lipinski definition) is 2. The molecule has 0 aromatic heterocycles. The van der Waals surface area contributed by atoms with Crippen LogP contribution < -0.4 is 16.6 Å². The van der Waals surface area contributed by atoms with E-state index in [1.807, 2.05) is 12.1 Å². The minimum Gasteiger partial charge on any atom is -0.325 e. The Bertz CT molecular complexity index is 368. The first-order valence-electron chi connectivity index (χ1n) is 6.55. The van der Waals surface area contributed by atoms with E-state index in [1.54, 1.807) is 0 Å². The molecular weight excluding hydrogens is 224 g/mol. The molecule has 0 amide bonds. The minimum absolute atomic E-state index is 0.546. The number of rotatable bonds is 5. The normalized spacial score (nSPS) is 11.7. The molecule has 0 aliphatic heterocycles. The van der Waals surface area contributed by atoms with Crippen LogP contribution >= 0.6 is 0 Å². The lowest BCUT2D eigenvalue weighted by molar-refractivity contribution is 0.801. The van der Waals surface area contributed by atoms with E-state index in [0.29, 0.717) is 11.9 Å². The van der Waals surface area contributed by atoms with Gasteiger partial charge in [-0.15, -0.1) is 0 Å². The number of nitrogens with one attached hydrogen (secondary N) is 2. The van der Waals surface area contributed by atoms with Gasteiger partial charge in [-0.05, 0) is 30.0 Å². The quantitative estimate of drug-likeness (QED) is 0.247. The van der Waals surface area contributed by atoms with Crippen LogP contribution in [0.4, 0.5) is 5.69 Å². The van der Waals surface area contributed by atoms with E-state index < -0.39 is 0 Å². The fourth-order valence-corrected chi connectivity index (χ4v) is 1.56. The Labute approximate surface area is 110 Å². The predicted molar refractivity (Wildman–Crippen MR) is 78.7 cm³/mol. The maximum absolute atomic E-state index is 5.44. The van der Waals surface area contributed by atoms with Gasteiger partial charge in [-0.1, -0.05) is 39.3 Å². The van der Waals surface area contributed by atoms with Crippen molar-refractivity contribution in [1.29, 1.82) is 0 Å². The Morgan fingerprint density at radius 1 is 1.28 bits per heavy atom. The van der Waals surface area contributed by atoms with Crippen LogP contribution in [-0.2, 0) is 0 Å². The molecule has 0 radical (unpaired) electrons. The van der Waals surface area contributed by atoms with Crippen LogP contribution in [0.2, 0.25) is 0 Å². The molecule has 4 nitrogen and oxygen atoms in total. The first kappa shape index (κ1) is 14.5. The van der Waals surface area contributed by atoms with Gasteiger partial charge in [0.05, 0.1) is 0 Å². The van der Waals surface area contributed by atoms with Crippen molar-refractivity contribution < 1.29 is 0 Å². The largest absolute Gasteiger partial charge is 0.325 e. The summed E-state index contributed by atoms with van der Waals surface area (Å²) in [6.07, 6.45) is 2.20. The Kier molecular flexibility index (Phi) is 6.22. The monoisotopic (exact) mass is 248 g/mol. The third kappa shape index (κ3) is 4.75. The summed E-state index contributed by atoms with van der Waals surface area (Å²) in [5.74, 6) is 6.60. The highest BCUT2D eigenvalue weighted by molar-refractivity contribution is 5.93. The highest BCUT2D eigenvalue weighted by atomic mass is 15.3. The molecule has 0 unspecified atom stereocenters. The van der Waals surface area contributed by atoms with Gasteiger partial charge in [0.2, 0.25) is 5.96 Å². The highest BCUT2D eigenvalue weighted by Gasteiger charge is 2.00. The molecule has 0 aliphatic carbocycles. The molecule has 1 aromatic rings. The lowest BCUT2D eigenvalue weighted by Gasteiger charge is -2.11. The van der Waals surface area contributed by atoms with Crippen molar-refractivity contribution in [3.05, 3.63) is 29.8 Å². The number of benzene rings is 1. The predicted octanol–water partition coefficient (Wildman–Crippen LogP) is 2.84. The summed E-state index contributed by atoms with van der Waals surface area (Å²) in [5, 5.41) is 3.17. The maximum Gasteiger partial charge on any atom is 0.210 e. The number of nitrogens with two attached hydrogens (primary N) is 1. The van der Waals surface area contributed by atoms with E-state index in [9.17, 15) is 0 Å². The van der Waals surface area contributed by atoms with Gasteiger partial charge in [-0.2, -0.15) is 0 Å². The van der Waals surface area contributed by atoms with Gasteiger partial charge < -0.3 is 5.32 Å². The second-order valence-electron chi connectivity index (χ2n) is 4.63. The molecule has 100 valence electrons. The van der Waals surface area contributed by atoms with Crippen molar-refractivity contribution in [3.8, 4) is 0 Å². The Morgan fingerprint density at radius 3 is 2.44 bits per heavy atom. The molecule has 0 spiro atoms. The van der Waals surface area contributed by atoms with E-state index >= 15 is 0 Å². The van der Waals surface area contributed by atoms with E-state index in [-0.39, 0.29) is 0 Å². The summed E-state index contributed by atoms with van der Waals surface area (Å²) >= 11 is 0. The summed E-state index contributed by atoms with van der Waals surface area (Å²) in [6, 6.07) is 8.32. The van der Waals surface area contributed by atoms with Gasteiger partial charge in [0.25, 0.3) is 0 Å². The van der Waals surface area contributed by atoms with Crippen LogP contribution in [0.15, 0.2) is 29.3 Å². The topological polar surface area (TPSA) is 62.4 Å². The summed E-state index contributed by atoms with van der Waals surface area (Å²) in [5.41, 5.74) is 4.90. The molecule has 1 aromatic carbocycles. The van der Waals surface area contributed by atoms with Crippen LogP contribution in [0.5, 0.6) is 0 Å². The second-order valence-corrected chi connectivity index (χ2v) is 4.63. The number of unbranched alkanes of at least 4 members (excludes halogenated alkanes) is 1. The number of anilines is 1. The SMILES string of the molecule is CCCCN=C(NN)Nc1ccc(C(C)C)cc1. The van der Waals surface area contributed by atoms with Gasteiger partial charge >= 0.3 is 0 Å². The molecule has 0 fully saturated rings. The Hall–Kier alpha value is -1.55. The molecular formula is C14H24N4. The number of hydrogen-bond donors (Lipinski definition) is 3. The lowest BCUT2D eigenvalue weighted by atomic mass is 10.0. The third-order valence-corrected chi connectivity index (χ3v) is 2.76. The van der Waals surface area contributed by atoms with Crippen LogP contribution in [0.1, 0.15) is 45.1 Å². The van der Waals surface area contributed by atoms with Crippen molar-refractivity contribution in [1.82, 2.24) is 5.43 Å². The molecule has 0 saturated carbocycles. The first-order valence-corrected chi connectivity index (χ1v) is 6.55. The molecule has 18 heavy (non-hydrogen) atoms. The zero-order valence-electron chi connectivity index (χ0n) is 11.5. The van der Waals surface area contributed by atoms with Crippen LogP contribution in [0, 0.1) is 0 Å². The summed E-state index contributed by atoms with van der Waals surface area (Å²) in [4.78, 5) is 4.35. The summed E-state index contributed by atoms with van der Waals surface area (Å²) in [7, 11) is 0. The Morgan fingerprint density at radius 2 is 1.94 bits per heavy atom. The van der Waals surface area contributed by atoms with Gasteiger partial charge in [0.1, 0.15) is 0 Å². The van der Waals surface area contributed by atoms with Crippen LogP contribution in [0.25, 0.3) is 0 Å². The number of nitrogens with zero attached hydrogens (tertiary/aromatic N) is 1. The smallest absolute Gasteiger partial charge is 0.210 e. The van der Waals surface area contributed by atoms with Crippen molar-refractivity contribution in [2.45, 2.75) is 39.5 Å². The van der Waals surface area contributed by atoms with Crippen molar-refractivity contribution in [2.24, 2.45) is 10.8 Å². The Balaban J connectivity index is 2.61. The summed E-state index contributed by atoms with van der Waals surface area (Å²) in [6.45, 7) is 7.29. The maximum atomic E-state index is 5.44. The van der Waals surface area contributed by atoms with Crippen LogP contribution in [0.3, 0.4) is 0 Å². The number of guanidine groups is 1. The van der Waals surface area contributed by atoms with Crippen molar-refractivity contribution in [2.75, 3.05) is 11.9 Å². The zero-order valence-corrected chi connectivity index (χ0v) is 11.5. The number of aliphatic imine (C=N–C) groups is 1. The molecule has 1 rings (SSSR count). The third-order valence-electron chi connectivity index (χ3n) is 2.76. The molecule has 0 atom stereocenters. The molecule has 0 aliphatic rings. The molecule has 4 N–H and O–H groups in total. The number of hydrazine groups is 1. The fourth-order valence-electron chi connectivity index (χ4n) is 1.56. The van der Waals surface area contributed by atoms with E-state index in [4.69, 9.17) is 5.84 Å². The van der Waals surface area contributed by atoms with E-state index in [1.165, 1.54) is 5.56 Å².